The van der Waals surface area contributed by atoms with Crippen LogP contribution in [0.4, 0.5) is 0 Å². The van der Waals surface area contributed by atoms with Gasteiger partial charge in [0.1, 0.15) is 4.88 Å². The lowest BCUT2D eigenvalue weighted by molar-refractivity contribution is -0.0352. The van der Waals surface area contributed by atoms with E-state index in [2.05, 4.69) is 30.8 Å². The number of amides is 1. The zero-order valence-electron chi connectivity index (χ0n) is 18.0. The summed E-state index contributed by atoms with van der Waals surface area (Å²) in [7, 11) is 1.79. The van der Waals surface area contributed by atoms with Gasteiger partial charge in [0, 0.05) is 45.3 Å². The summed E-state index contributed by atoms with van der Waals surface area (Å²) in [4.78, 5) is 23.9. The highest BCUT2D eigenvalue weighted by atomic mass is 127. The molecular formula is C20H35IN6O2S. The largest absolute Gasteiger partial charge is 0.379 e. The Hall–Kier alpha value is -0.980. The van der Waals surface area contributed by atoms with Gasteiger partial charge in [0.05, 0.1) is 24.4 Å². The lowest BCUT2D eigenvalue weighted by Crippen LogP contribution is -2.60. The van der Waals surface area contributed by atoms with Crippen LogP contribution in [0.15, 0.2) is 10.5 Å². The second kappa shape index (κ2) is 12.8. The first-order valence-corrected chi connectivity index (χ1v) is 11.5. The number of rotatable bonds is 7. The van der Waals surface area contributed by atoms with Gasteiger partial charge in [-0.15, -0.1) is 35.3 Å². The molecule has 1 saturated heterocycles. The van der Waals surface area contributed by atoms with E-state index in [4.69, 9.17) is 4.74 Å². The zero-order chi connectivity index (χ0) is 20.5. The van der Waals surface area contributed by atoms with Gasteiger partial charge in [0.25, 0.3) is 5.91 Å². The number of ether oxygens (including phenoxy) is 1. The Kier molecular flexibility index (Phi) is 10.8. The summed E-state index contributed by atoms with van der Waals surface area (Å²) in [5.41, 5.74) is 2.67. The highest BCUT2D eigenvalue weighted by Gasteiger charge is 2.38. The molecule has 2 aliphatic rings. The lowest BCUT2D eigenvalue weighted by Gasteiger charge is -2.48. The number of aromatic nitrogens is 1. The molecule has 3 N–H and O–H groups in total. The van der Waals surface area contributed by atoms with Gasteiger partial charge in [0.2, 0.25) is 0 Å². The molecule has 1 amide bonds. The number of guanidine groups is 1. The van der Waals surface area contributed by atoms with Gasteiger partial charge in [-0.3, -0.25) is 14.7 Å². The normalized spacial score (nSPS) is 19.6. The van der Waals surface area contributed by atoms with E-state index in [1.807, 2.05) is 6.92 Å². The second-order valence-electron chi connectivity index (χ2n) is 7.76. The Labute approximate surface area is 200 Å². The average Bonchev–Trinajstić information content (AvgIpc) is 3.20. The Morgan fingerprint density at radius 3 is 2.53 bits per heavy atom. The van der Waals surface area contributed by atoms with Crippen molar-refractivity contribution < 1.29 is 9.53 Å². The van der Waals surface area contributed by atoms with Crippen molar-refractivity contribution in [3.8, 4) is 0 Å². The molecule has 0 spiro atoms. The molecule has 2 heterocycles. The third-order valence-electron chi connectivity index (χ3n) is 5.93. The third-order valence-corrected chi connectivity index (χ3v) is 6.86. The first-order chi connectivity index (χ1) is 14.1. The van der Waals surface area contributed by atoms with E-state index in [1.165, 1.54) is 43.4 Å². The van der Waals surface area contributed by atoms with Crippen LogP contribution in [0.2, 0.25) is 0 Å². The Morgan fingerprint density at radius 2 is 1.90 bits per heavy atom. The van der Waals surface area contributed by atoms with E-state index in [-0.39, 0.29) is 35.4 Å². The summed E-state index contributed by atoms with van der Waals surface area (Å²) in [5.74, 6) is 0.717. The van der Waals surface area contributed by atoms with Crippen molar-refractivity contribution in [1.82, 2.24) is 25.8 Å². The van der Waals surface area contributed by atoms with Crippen LogP contribution in [0.25, 0.3) is 0 Å². The van der Waals surface area contributed by atoms with E-state index in [0.717, 1.165) is 44.5 Å². The van der Waals surface area contributed by atoms with Gasteiger partial charge in [-0.05, 0) is 19.8 Å². The van der Waals surface area contributed by atoms with Crippen molar-refractivity contribution in [2.75, 3.05) is 53.0 Å². The summed E-state index contributed by atoms with van der Waals surface area (Å²) < 4.78 is 5.57. The van der Waals surface area contributed by atoms with Gasteiger partial charge < -0.3 is 20.7 Å². The van der Waals surface area contributed by atoms with Crippen molar-refractivity contribution in [3.05, 3.63) is 16.1 Å². The molecule has 0 atom stereocenters. The Balaban J connectivity index is 0.00000320. The Bertz CT molecular complexity index is 687. The SMILES string of the molecule is CN=C(NCCNC(=O)c1scnc1C)NCC1(N2CCOCC2)CCCCC1.I. The monoisotopic (exact) mass is 550 g/mol. The molecule has 30 heavy (non-hydrogen) atoms. The highest BCUT2D eigenvalue weighted by Crippen LogP contribution is 2.33. The minimum atomic E-state index is -0.0665. The molecule has 1 aromatic heterocycles. The van der Waals surface area contributed by atoms with E-state index in [9.17, 15) is 4.79 Å². The third kappa shape index (κ3) is 6.76. The van der Waals surface area contributed by atoms with E-state index >= 15 is 0 Å². The van der Waals surface area contributed by atoms with Crippen molar-refractivity contribution >= 4 is 47.2 Å². The van der Waals surface area contributed by atoms with Crippen LogP contribution >= 0.6 is 35.3 Å². The number of carbonyl (C=O) groups excluding carboxylic acids is 1. The molecule has 0 unspecified atom stereocenters. The van der Waals surface area contributed by atoms with Crippen LogP contribution < -0.4 is 16.0 Å². The fraction of sp³-hybridized carbons (Fsp3) is 0.750. The molecule has 3 rings (SSSR count). The number of nitrogens with one attached hydrogen (secondary N) is 3. The van der Waals surface area contributed by atoms with E-state index in [0.29, 0.717) is 18.0 Å². The van der Waals surface area contributed by atoms with Gasteiger partial charge in [-0.25, -0.2) is 4.98 Å². The van der Waals surface area contributed by atoms with Crippen LogP contribution in [0.1, 0.15) is 47.5 Å². The summed E-state index contributed by atoms with van der Waals surface area (Å²) >= 11 is 1.37. The van der Waals surface area contributed by atoms with Gasteiger partial charge in [-0.1, -0.05) is 19.3 Å². The van der Waals surface area contributed by atoms with E-state index in [1.54, 1.807) is 12.6 Å². The predicted octanol–water partition coefficient (Wildman–Crippen LogP) is 2.00. The molecule has 1 aliphatic heterocycles. The first kappa shape index (κ1) is 25.3. The van der Waals surface area contributed by atoms with E-state index < -0.39 is 0 Å². The minimum Gasteiger partial charge on any atom is -0.379 e. The van der Waals surface area contributed by atoms with Crippen LogP contribution in [0.5, 0.6) is 0 Å². The summed E-state index contributed by atoms with van der Waals surface area (Å²) in [6.07, 6.45) is 6.35. The topological polar surface area (TPSA) is 90.9 Å². The van der Waals surface area contributed by atoms with Crippen molar-refractivity contribution in [1.29, 1.82) is 0 Å². The van der Waals surface area contributed by atoms with Crippen LogP contribution in [0.3, 0.4) is 0 Å². The van der Waals surface area contributed by atoms with Crippen LogP contribution in [-0.4, -0.2) is 80.3 Å². The molecular weight excluding hydrogens is 515 g/mol. The maximum absolute atomic E-state index is 12.2. The average molecular weight is 551 g/mol. The van der Waals surface area contributed by atoms with Crippen LogP contribution in [-0.2, 0) is 4.74 Å². The molecule has 0 radical (unpaired) electrons. The maximum Gasteiger partial charge on any atom is 0.263 e. The number of morpholine rings is 1. The van der Waals surface area contributed by atoms with Gasteiger partial charge in [-0.2, -0.15) is 0 Å². The zero-order valence-corrected chi connectivity index (χ0v) is 21.2. The number of thiazole rings is 1. The number of nitrogens with zero attached hydrogens (tertiary/aromatic N) is 3. The number of halogens is 1. The minimum absolute atomic E-state index is 0. The lowest BCUT2D eigenvalue weighted by atomic mass is 9.80. The number of hydrogen-bond donors (Lipinski definition) is 3. The first-order valence-electron chi connectivity index (χ1n) is 10.6. The molecule has 1 aliphatic carbocycles. The molecule has 0 bridgehead atoms. The predicted molar refractivity (Wildman–Crippen MR) is 132 cm³/mol. The number of carbonyl (C=O) groups is 1. The van der Waals surface area contributed by atoms with Crippen molar-refractivity contribution in [2.24, 2.45) is 4.99 Å². The molecule has 2 fully saturated rings. The summed E-state index contributed by atoms with van der Waals surface area (Å²) in [6, 6.07) is 0. The summed E-state index contributed by atoms with van der Waals surface area (Å²) in [6.45, 7) is 7.57. The van der Waals surface area contributed by atoms with Crippen molar-refractivity contribution in [2.45, 2.75) is 44.6 Å². The molecule has 1 aromatic rings. The standard InChI is InChI=1S/C20H34N6O2S.HI/c1-16-17(29-15-25-16)18(27)22-8-9-23-19(21-2)24-14-20(6-4-3-5-7-20)26-10-12-28-13-11-26;/h15H,3-14H2,1-2H3,(H,22,27)(H2,21,23,24);1H. The highest BCUT2D eigenvalue weighted by molar-refractivity contribution is 14.0. The quantitative estimate of drug-likeness (QED) is 0.208. The molecule has 170 valence electrons. The number of aliphatic imine (C=N–C) groups is 1. The molecule has 0 aromatic carbocycles. The molecule has 8 nitrogen and oxygen atoms in total. The van der Waals surface area contributed by atoms with Crippen LogP contribution in [0, 0.1) is 6.92 Å². The number of aryl methyl sites for hydroxylation is 1. The maximum atomic E-state index is 12.2. The fourth-order valence-electron chi connectivity index (χ4n) is 4.28. The summed E-state index contributed by atoms with van der Waals surface area (Å²) in [5, 5.41) is 9.79. The Morgan fingerprint density at radius 1 is 1.20 bits per heavy atom. The smallest absolute Gasteiger partial charge is 0.263 e. The molecule has 10 heteroatoms. The molecule has 1 saturated carbocycles. The van der Waals surface area contributed by atoms with Gasteiger partial charge >= 0.3 is 0 Å². The fourth-order valence-corrected chi connectivity index (χ4v) is 5.00. The number of hydrogen-bond acceptors (Lipinski definition) is 6. The van der Waals surface area contributed by atoms with Crippen molar-refractivity contribution in [3.63, 3.8) is 0 Å². The second-order valence-corrected chi connectivity index (χ2v) is 8.61. The van der Waals surface area contributed by atoms with Gasteiger partial charge in [0.15, 0.2) is 5.96 Å².